The molecular weight excluding hydrogens is 308 g/mol. The number of carbonyl (C=O) groups is 2. The number of carboxylic acids is 1. The smallest absolute Gasteiger partial charge is 0.341 e. The second-order valence-corrected chi connectivity index (χ2v) is 4.68. The van der Waals surface area contributed by atoms with Gasteiger partial charge >= 0.3 is 11.9 Å². The predicted octanol–water partition coefficient (Wildman–Crippen LogP) is 0.145. The molecule has 0 aliphatic carbocycles. The van der Waals surface area contributed by atoms with Gasteiger partial charge in [0.1, 0.15) is 12.1 Å². The van der Waals surface area contributed by atoms with Crippen LogP contribution in [0.1, 0.15) is 10.4 Å². The number of methoxy groups -OCH3 is 1. The SMILES string of the molecule is COC(=O)CNn1cc(C(=O)O)c(=O)c2cc3c(cc21)OCO3. The number of rotatable bonds is 4. The molecule has 3 rings (SSSR count). The third-order valence-electron chi connectivity index (χ3n) is 3.35. The van der Waals surface area contributed by atoms with Gasteiger partial charge in [0.25, 0.3) is 0 Å². The fourth-order valence-electron chi connectivity index (χ4n) is 2.22. The highest BCUT2D eigenvalue weighted by Crippen LogP contribution is 2.35. The first-order valence-electron chi connectivity index (χ1n) is 6.54. The van der Waals surface area contributed by atoms with Crippen LogP contribution in [0.2, 0.25) is 0 Å². The van der Waals surface area contributed by atoms with Crippen molar-refractivity contribution >= 4 is 22.8 Å². The molecule has 0 fully saturated rings. The zero-order chi connectivity index (χ0) is 16.6. The van der Waals surface area contributed by atoms with Gasteiger partial charge in [0.15, 0.2) is 11.5 Å². The summed E-state index contributed by atoms with van der Waals surface area (Å²) in [5, 5.41) is 9.31. The van der Waals surface area contributed by atoms with Crippen molar-refractivity contribution in [3.05, 3.63) is 34.1 Å². The van der Waals surface area contributed by atoms with Crippen LogP contribution in [0.3, 0.4) is 0 Å². The van der Waals surface area contributed by atoms with Crippen molar-refractivity contribution in [1.82, 2.24) is 4.68 Å². The minimum absolute atomic E-state index is 0.0151. The third-order valence-corrected chi connectivity index (χ3v) is 3.35. The van der Waals surface area contributed by atoms with Gasteiger partial charge in [-0.3, -0.25) is 14.3 Å². The summed E-state index contributed by atoms with van der Waals surface area (Å²) in [6, 6.07) is 2.96. The van der Waals surface area contributed by atoms with Gasteiger partial charge in [0.2, 0.25) is 12.2 Å². The molecule has 9 heteroatoms. The average molecular weight is 320 g/mol. The number of carbonyl (C=O) groups excluding carboxylic acids is 1. The molecule has 2 heterocycles. The quantitative estimate of drug-likeness (QED) is 0.765. The number of pyridine rings is 1. The normalized spacial score (nSPS) is 12.2. The maximum atomic E-state index is 12.3. The first-order chi connectivity index (χ1) is 11.0. The number of nitrogens with zero attached hydrogens (tertiary/aromatic N) is 1. The summed E-state index contributed by atoms with van der Waals surface area (Å²) in [5.41, 5.74) is 1.96. The van der Waals surface area contributed by atoms with E-state index in [1.54, 1.807) is 0 Å². The molecule has 120 valence electrons. The molecule has 2 aromatic rings. The predicted molar refractivity (Wildman–Crippen MR) is 77.5 cm³/mol. The van der Waals surface area contributed by atoms with E-state index in [-0.39, 0.29) is 18.7 Å². The summed E-state index contributed by atoms with van der Waals surface area (Å²) in [5.74, 6) is -1.14. The molecule has 0 spiro atoms. The molecule has 1 aromatic carbocycles. The van der Waals surface area contributed by atoms with E-state index in [1.807, 2.05) is 0 Å². The second kappa shape index (κ2) is 5.52. The number of carboxylic acid groups (broad SMARTS) is 1. The molecule has 0 saturated carbocycles. The summed E-state index contributed by atoms with van der Waals surface area (Å²) in [7, 11) is 1.23. The van der Waals surface area contributed by atoms with Crippen LogP contribution in [0, 0.1) is 0 Å². The van der Waals surface area contributed by atoms with Crippen molar-refractivity contribution in [2.75, 3.05) is 25.9 Å². The number of esters is 1. The number of hydrogen-bond acceptors (Lipinski definition) is 7. The lowest BCUT2D eigenvalue weighted by Gasteiger charge is -2.14. The van der Waals surface area contributed by atoms with Gasteiger partial charge in [-0.25, -0.2) is 4.79 Å². The molecule has 0 amide bonds. The Morgan fingerprint density at radius 2 is 2.04 bits per heavy atom. The Hall–Kier alpha value is -3.23. The van der Waals surface area contributed by atoms with Gasteiger partial charge in [-0.05, 0) is 6.07 Å². The molecule has 1 aliphatic rings. The van der Waals surface area contributed by atoms with Crippen molar-refractivity contribution in [2.24, 2.45) is 0 Å². The summed E-state index contributed by atoms with van der Waals surface area (Å²) < 4.78 is 16.3. The summed E-state index contributed by atoms with van der Waals surface area (Å²) in [6.45, 7) is -0.191. The lowest BCUT2D eigenvalue weighted by Crippen LogP contribution is -2.27. The van der Waals surface area contributed by atoms with E-state index in [1.165, 1.54) is 23.9 Å². The molecule has 0 radical (unpaired) electrons. The molecule has 1 aromatic heterocycles. The highest BCUT2D eigenvalue weighted by atomic mass is 16.7. The Morgan fingerprint density at radius 3 is 2.70 bits per heavy atom. The van der Waals surface area contributed by atoms with Crippen molar-refractivity contribution in [2.45, 2.75) is 0 Å². The van der Waals surface area contributed by atoms with Gasteiger partial charge in [-0.1, -0.05) is 0 Å². The molecule has 9 nitrogen and oxygen atoms in total. The average Bonchev–Trinajstić information content (AvgIpc) is 2.99. The van der Waals surface area contributed by atoms with Gasteiger partial charge in [0, 0.05) is 12.3 Å². The van der Waals surface area contributed by atoms with E-state index < -0.39 is 22.9 Å². The maximum Gasteiger partial charge on any atom is 0.341 e. The number of aromatic carboxylic acids is 1. The van der Waals surface area contributed by atoms with Crippen LogP contribution in [0.25, 0.3) is 10.9 Å². The molecule has 0 saturated heterocycles. The second-order valence-electron chi connectivity index (χ2n) is 4.68. The standard InChI is InChI=1S/C14H12N2O7/c1-21-12(17)4-15-16-5-8(14(19)20)13(18)7-2-10-11(3-9(7)16)23-6-22-10/h2-3,5,15H,4,6H2,1H3,(H,19,20). The fraction of sp³-hybridized carbons (Fsp3) is 0.214. The molecule has 2 N–H and O–H groups in total. The van der Waals surface area contributed by atoms with Gasteiger partial charge < -0.3 is 24.7 Å². The molecule has 0 atom stereocenters. The number of hydrogen-bond donors (Lipinski definition) is 2. The molecule has 1 aliphatic heterocycles. The molecular formula is C14H12N2O7. The van der Waals surface area contributed by atoms with Crippen LogP contribution in [-0.4, -0.2) is 42.2 Å². The van der Waals surface area contributed by atoms with Crippen LogP contribution in [0.5, 0.6) is 11.5 Å². The fourth-order valence-corrected chi connectivity index (χ4v) is 2.22. The van der Waals surface area contributed by atoms with E-state index in [9.17, 15) is 19.5 Å². The number of aromatic nitrogens is 1. The van der Waals surface area contributed by atoms with Crippen molar-refractivity contribution in [3.8, 4) is 11.5 Å². The Bertz CT molecular complexity index is 872. The number of nitrogens with one attached hydrogen (secondary N) is 1. The van der Waals surface area contributed by atoms with Crippen LogP contribution in [-0.2, 0) is 9.53 Å². The van der Waals surface area contributed by atoms with Gasteiger partial charge in [-0.15, -0.1) is 0 Å². The van der Waals surface area contributed by atoms with Gasteiger partial charge in [-0.2, -0.15) is 0 Å². The minimum Gasteiger partial charge on any atom is -0.477 e. The van der Waals surface area contributed by atoms with Crippen LogP contribution < -0.4 is 20.3 Å². The van der Waals surface area contributed by atoms with Crippen LogP contribution >= 0.6 is 0 Å². The van der Waals surface area contributed by atoms with E-state index >= 15 is 0 Å². The van der Waals surface area contributed by atoms with Crippen molar-refractivity contribution in [3.63, 3.8) is 0 Å². The highest BCUT2D eigenvalue weighted by molar-refractivity contribution is 5.93. The van der Waals surface area contributed by atoms with Gasteiger partial charge in [0.05, 0.1) is 18.0 Å². The number of ether oxygens (including phenoxy) is 3. The monoisotopic (exact) mass is 320 g/mol. The summed E-state index contributed by atoms with van der Waals surface area (Å²) in [4.78, 5) is 34.8. The molecule has 23 heavy (non-hydrogen) atoms. The zero-order valence-corrected chi connectivity index (χ0v) is 12.0. The number of benzene rings is 1. The first kappa shape index (κ1) is 14.7. The zero-order valence-electron chi connectivity index (χ0n) is 12.0. The Morgan fingerprint density at radius 1 is 1.35 bits per heavy atom. The Balaban J connectivity index is 2.20. The van der Waals surface area contributed by atoms with E-state index in [0.717, 1.165) is 6.20 Å². The highest BCUT2D eigenvalue weighted by Gasteiger charge is 2.20. The summed E-state index contributed by atoms with van der Waals surface area (Å²) in [6.07, 6.45) is 1.11. The van der Waals surface area contributed by atoms with E-state index in [4.69, 9.17) is 9.47 Å². The van der Waals surface area contributed by atoms with E-state index in [2.05, 4.69) is 10.2 Å². The largest absolute Gasteiger partial charge is 0.477 e. The molecule has 0 bridgehead atoms. The summed E-state index contributed by atoms with van der Waals surface area (Å²) >= 11 is 0. The Kier molecular flexibility index (Phi) is 3.53. The maximum absolute atomic E-state index is 12.3. The van der Waals surface area contributed by atoms with E-state index in [0.29, 0.717) is 17.0 Å². The van der Waals surface area contributed by atoms with Crippen molar-refractivity contribution in [1.29, 1.82) is 0 Å². The van der Waals surface area contributed by atoms with Crippen LogP contribution in [0.4, 0.5) is 0 Å². The third kappa shape index (κ3) is 2.52. The first-order valence-corrected chi connectivity index (χ1v) is 6.54. The Labute approximate surface area is 129 Å². The lowest BCUT2D eigenvalue weighted by molar-refractivity contribution is -0.138. The molecule has 0 unspecified atom stereocenters. The topological polar surface area (TPSA) is 116 Å². The lowest BCUT2D eigenvalue weighted by atomic mass is 10.1. The minimum atomic E-state index is -1.37. The number of fused-ring (bicyclic) bond motifs is 2. The van der Waals surface area contributed by atoms with Crippen molar-refractivity contribution < 1.29 is 28.9 Å². The van der Waals surface area contributed by atoms with Crippen LogP contribution in [0.15, 0.2) is 23.1 Å².